The summed E-state index contributed by atoms with van der Waals surface area (Å²) in [6.45, 7) is 2.74. The minimum Gasteiger partial charge on any atom is -0.389 e. The standard InChI is InChI=1S/C12H16ClN3OS/c1-3-15-11(17)7-16(2)10-5-4-8(12(14)18)6-9(10)13/h4-6H,3,7H2,1-2H3,(H2,14,18)(H,15,17). The molecule has 1 rings (SSSR count). The van der Waals surface area contributed by atoms with Crippen molar-refractivity contribution in [2.75, 3.05) is 25.0 Å². The van der Waals surface area contributed by atoms with Crippen molar-refractivity contribution in [3.8, 4) is 0 Å². The lowest BCUT2D eigenvalue weighted by Crippen LogP contribution is -2.35. The van der Waals surface area contributed by atoms with Crippen LogP contribution in [0.3, 0.4) is 0 Å². The highest BCUT2D eigenvalue weighted by molar-refractivity contribution is 7.80. The Morgan fingerprint density at radius 3 is 2.72 bits per heavy atom. The summed E-state index contributed by atoms with van der Waals surface area (Å²) < 4.78 is 0. The van der Waals surface area contributed by atoms with E-state index in [1.54, 1.807) is 30.1 Å². The quantitative estimate of drug-likeness (QED) is 0.806. The van der Waals surface area contributed by atoms with Crippen molar-refractivity contribution < 1.29 is 4.79 Å². The molecule has 0 aromatic heterocycles. The van der Waals surface area contributed by atoms with Crippen LogP contribution in [-0.4, -0.2) is 31.0 Å². The lowest BCUT2D eigenvalue weighted by Gasteiger charge is -2.20. The smallest absolute Gasteiger partial charge is 0.239 e. The maximum absolute atomic E-state index is 11.5. The summed E-state index contributed by atoms with van der Waals surface area (Å²) in [6.07, 6.45) is 0. The van der Waals surface area contributed by atoms with E-state index in [1.807, 2.05) is 6.92 Å². The molecule has 0 aliphatic heterocycles. The third-order valence-electron chi connectivity index (χ3n) is 2.40. The number of thiocarbonyl (C=S) groups is 1. The van der Waals surface area contributed by atoms with Gasteiger partial charge in [0.2, 0.25) is 5.91 Å². The van der Waals surface area contributed by atoms with Crippen LogP contribution in [0.2, 0.25) is 5.02 Å². The number of hydrogen-bond donors (Lipinski definition) is 2. The van der Waals surface area contributed by atoms with E-state index in [1.165, 1.54) is 0 Å². The van der Waals surface area contributed by atoms with E-state index in [2.05, 4.69) is 5.32 Å². The number of amides is 1. The highest BCUT2D eigenvalue weighted by atomic mass is 35.5. The van der Waals surface area contributed by atoms with Crippen LogP contribution in [0.4, 0.5) is 5.69 Å². The lowest BCUT2D eigenvalue weighted by molar-refractivity contribution is -0.119. The molecule has 0 fully saturated rings. The summed E-state index contributed by atoms with van der Waals surface area (Å²) in [4.78, 5) is 13.6. The molecule has 0 spiro atoms. The maximum atomic E-state index is 11.5. The number of likely N-dealkylation sites (N-methyl/N-ethyl adjacent to an activating group) is 2. The number of hydrogen-bond acceptors (Lipinski definition) is 3. The van der Waals surface area contributed by atoms with Crippen molar-refractivity contribution in [2.24, 2.45) is 5.73 Å². The maximum Gasteiger partial charge on any atom is 0.239 e. The SMILES string of the molecule is CCNC(=O)CN(C)c1ccc(C(N)=S)cc1Cl. The Hall–Kier alpha value is -1.33. The summed E-state index contributed by atoms with van der Waals surface area (Å²) >= 11 is 11.0. The molecule has 1 aromatic carbocycles. The van der Waals surface area contributed by atoms with Gasteiger partial charge in [-0.15, -0.1) is 0 Å². The Balaban J connectivity index is 2.83. The van der Waals surface area contributed by atoms with E-state index in [-0.39, 0.29) is 12.5 Å². The van der Waals surface area contributed by atoms with E-state index in [0.717, 1.165) is 5.69 Å². The van der Waals surface area contributed by atoms with Gasteiger partial charge in [0, 0.05) is 19.2 Å². The van der Waals surface area contributed by atoms with Crippen LogP contribution in [0.5, 0.6) is 0 Å². The molecule has 1 amide bonds. The second kappa shape index (κ2) is 6.56. The zero-order chi connectivity index (χ0) is 13.7. The van der Waals surface area contributed by atoms with Crippen LogP contribution in [0.15, 0.2) is 18.2 Å². The average molecular weight is 286 g/mol. The molecule has 0 bridgehead atoms. The van der Waals surface area contributed by atoms with Gasteiger partial charge >= 0.3 is 0 Å². The number of benzene rings is 1. The van der Waals surface area contributed by atoms with Crippen molar-refractivity contribution in [1.29, 1.82) is 0 Å². The fraction of sp³-hybridized carbons (Fsp3) is 0.333. The van der Waals surface area contributed by atoms with Crippen LogP contribution in [0.1, 0.15) is 12.5 Å². The third kappa shape index (κ3) is 3.85. The predicted molar refractivity (Wildman–Crippen MR) is 79.3 cm³/mol. The molecule has 1 aromatic rings. The van der Waals surface area contributed by atoms with Gasteiger partial charge in [-0.1, -0.05) is 23.8 Å². The Morgan fingerprint density at radius 1 is 1.56 bits per heavy atom. The molecule has 0 aliphatic rings. The van der Waals surface area contributed by atoms with Gasteiger partial charge in [-0.25, -0.2) is 0 Å². The van der Waals surface area contributed by atoms with Gasteiger partial charge < -0.3 is 16.0 Å². The molecule has 98 valence electrons. The molecule has 0 saturated carbocycles. The normalized spacial score (nSPS) is 9.94. The first kappa shape index (κ1) is 14.7. The molecule has 4 nitrogen and oxygen atoms in total. The Labute approximate surface area is 117 Å². The van der Waals surface area contributed by atoms with Crippen LogP contribution in [0, 0.1) is 0 Å². The summed E-state index contributed by atoms with van der Waals surface area (Å²) in [6, 6.07) is 5.29. The Bertz CT molecular complexity index is 465. The molecular formula is C12H16ClN3OS. The fourth-order valence-electron chi connectivity index (χ4n) is 1.52. The van der Waals surface area contributed by atoms with Crippen LogP contribution in [0.25, 0.3) is 0 Å². The molecule has 18 heavy (non-hydrogen) atoms. The summed E-state index contributed by atoms with van der Waals surface area (Å²) in [5.41, 5.74) is 7.00. The summed E-state index contributed by atoms with van der Waals surface area (Å²) in [7, 11) is 1.80. The van der Waals surface area contributed by atoms with Gasteiger partial charge in [0.25, 0.3) is 0 Å². The molecule has 0 saturated heterocycles. The zero-order valence-electron chi connectivity index (χ0n) is 10.4. The first-order valence-corrected chi connectivity index (χ1v) is 6.31. The number of carbonyl (C=O) groups excluding carboxylic acids is 1. The van der Waals surface area contributed by atoms with Crippen molar-refractivity contribution >= 4 is 40.4 Å². The first-order valence-electron chi connectivity index (χ1n) is 5.53. The van der Waals surface area contributed by atoms with Crippen molar-refractivity contribution in [2.45, 2.75) is 6.92 Å². The van der Waals surface area contributed by atoms with Crippen LogP contribution >= 0.6 is 23.8 Å². The summed E-state index contributed by atoms with van der Waals surface area (Å²) in [5, 5.41) is 3.25. The van der Waals surface area contributed by atoms with Gasteiger partial charge in [0.1, 0.15) is 4.99 Å². The van der Waals surface area contributed by atoms with Gasteiger partial charge in [-0.2, -0.15) is 0 Å². The lowest BCUT2D eigenvalue weighted by atomic mass is 10.2. The zero-order valence-corrected chi connectivity index (χ0v) is 11.9. The monoisotopic (exact) mass is 285 g/mol. The van der Waals surface area contributed by atoms with Crippen molar-refractivity contribution in [1.82, 2.24) is 5.32 Å². The average Bonchev–Trinajstić information content (AvgIpc) is 2.28. The largest absolute Gasteiger partial charge is 0.389 e. The molecule has 0 atom stereocenters. The van der Waals surface area contributed by atoms with E-state index in [0.29, 0.717) is 22.1 Å². The van der Waals surface area contributed by atoms with E-state index in [4.69, 9.17) is 29.6 Å². The molecule has 0 unspecified atom stereocenters. The number of carbonyl (C=O) groups is 1. The Kier molecular flexibility index (Phi) is 5.37. The minimum absolute atomic E-state index is 0.0468. The van der Waals surface area contributed by atoms with Crippen molar-refractivity contribution in [3.05, 3.63) is 28.8 Å². The second-order valence-electron chi connectivity index (χ2n) is 3.84. The van der Waals surface area contributed by atoms with Crippen molar-refractivity contribution in [3.63, 3.8) is 0 Å². The third-order valence-corrected chi connectivity index (χ3v) is 2.94. The van der Waals surface area contributed by atoms with E-state index in [9.17, 15) is 4.79 Å². The highest BCUT2D eigenvalue weighted by Crippen LogP contribution is 2.25. The molecule has 0 radical (unpaired) electrons. The van der Waals surface area contributed by atoms with Crippen LogP contribution in [-0.2, 0) is 4.79 Å². The number of nitrogens with one attached hydrogen (secondary N) is 1. The second-order valence-corrected chi connectivity index (χ2v) is 4.69. The number of nitrogens with two attached hydrogens (primary N) is 1. The van der Waals surface area contributed by atoms with Gasteiger partial charge in [0.05, 0.1) is 17.3 Å². The minimum atomic E-state index is -0.0468. The van der Waals surface area contributed by atoms with Gasteiger partial charge in [-0.3, -0.25) is 4.79 Å². The number of rotatable bonds is 5. The van der Waals surface area contributed by atoms with E-state index >= 15 is 0 Å². The van der Waals surface area contributed by atoms with Gasteiger partial charge in [0.15, 0.2) is 0 Å². The van der Waals surface area contributed by atoms with Gasteiger partial charge in [-0.05, 0) is 25.1 Å². The Morgan fingerprint density at radius 2 is 2.22 bits per heavy atom. The summed E-state index contributed by atoms with van der Waals surface area (Å²) in [5.74, 6) is -0.0468. The highest BCUT2D eigenvalue weighted by Gasteiger charge is 2.11. The molecule has 0 aliphatic carbocycles. The fourth-order valence-corrected chi connectivity index (χ4v) is 1.98. The number of anilines is 1. The van der Waals surface area contributed by atoms with Crippen LogP contribution < -0.4 is 16.0 Å². The molecule has 0 heterocycles. The molecule has 6 heteroatoms. The molecular weight excluding hydrogens is 270 g/mol. The first-order chi connectivity index (χ1) is 8.45. The predicted octanol–water partition coefficient (Wildman–Crippen LogP) is 1.55. The van der Waals surface area contributed by atoms with E-state index < -0.39 is 0 Å². The number of halogens is 1. The topological polar surface area (TPSA) is 58.4 Å². The molecule has 3 N–H and O–H groups in total. The number of nitrogens with zero attached hydrogens (tertiary/aromatic N) is 1.